The Labute approximate surface area is 85.0 Å². The maximum atomic E-state index is 12.0. The van der Waals surface area contributed by atoms with Gasteiger partial charge in [-0.25, -0.2) is 0 Å². The van der Waals surface area contributed by atoms with Crippen LogP contribution in [0.5, 0.6) is 0 Å². The standard InChI is InChI=1S/C10H19N3O/c1-8-7-11-5-6-13(10(8)14)9-3-2-4-12-9/h8-9,11-12H,2-7H2,1H3. The summed E-state index contributed by atoms with van der Waals surface area (Å²) < 4.78 is 0. The molecule has 4 nitrogen and oxygen atoms in total. The summed E-state index contributed by atoms with van der Waals surface area (Å²) >= 11 is 0. The summed E-state index contributed by atoms with van der Waals surface area (Å²) in [4.78, 5) is 14.0. The zero-order chi connectivity index (χ0) is 9.97. The van der Waals surface area contributed by atoms with E-state index in [2.05, 4.69) is 10.6 Å². The first-order chi connectivity index (χ1) is 6.79. The van der Waals surface area contributed by atoms with E-state index >= 15 is 0 Å². The quantitative estimate of drug-likeness (QED) is 0.610. The van der Waals surface area contributed by atoms with Gasteiger partial charge in [-0.2, -0.15) is 0 Å². The summed E-state index contributed by atoms with van der Waals surface area (Å²) in [6.07, 6.45) is 2.60. The van der Waals surface area contributed by atoms with E-state index in [1.54, 1.807) is 0 Å². The van der Waals surface area contributed by atoms with Crippen molar-refractivity contribution in [1.82, 2.24) is 15.5 Å². The van der Waals surface area contributed by atoms with Crippen molar-refractivity contribution in [1.29, 1.82) is 0 Å². The second-order valence-electron chi connectivity index (χ2n) is 4.25. The van der Waals surface area contributed by atoms with Crippen LogP contribution in [0, 0.1) is 5.92 Å². The number of amides is 1. The molecule has 2 atom stereocenters. The van der Waals surface area contributed by atoms with E-state index in [-0.39, 0.29) is 5.92 Å². The second-order valence-corrected chi connectivity index (χ2v) is 4.25. The van der Waals surface area contributed by atoms with Crippen LogP contribution < -0.4 is 10.6 Å². The lowest BCUT2D eigenvalue weighted by molar-refractivity contribution is -0.136. The molecule has 2 rings (SSSR count). The highest BCUT2D eigenvalue weighted by molar-refractivity contribution is 5.79. The molecule has 0 aromatic carbocycles. The van der Waals surface area contributed by atoms with Crippen LogP contribution >= 0.6 is 0 Å². The third-order valence-electron chi connectivity index (χ3n) is 3.10. The number of nitrogens with zero attached hydrogens (tertiary/aromatic N) is 1. The molecule has 0 radical (unpaired) electrons. The maximum Gasteiger partial charge on any atom is 0.227 e. The topological polar surface area (TPSA) is 44.4 Å². The Morgan fingerprint density at radius 2 is 2.29 bits per heavy atom. The van der Waals surface area contributed by atoms with Crippen LogP contribution in [-0.4, -0.2) is 43.2 Å². The SMILES string of the molecule is CC1CNCCN(C2CCCN2)C1=O. The van der Waals surface area contributed by atoms with Crippen LogP contribution in [0.15, 0.2) is 0 Å². The van der Waals surface area contributed by atoms with Crippen molar-refractivity contribution in [3.8, 4) is 0 Å². The van der Waals surface area contributed by atoms with E-state index in [4.69, 9.17) is 0 Å². The molecule has 14 heavy (non-hydrogen) atoms. The maximum absolute atomic E-state index is 12.0. The molecule has 0 saturated carbocycles. The number of hydrogen-bond acceptors (Lipinski definition) is 3. The molecule has 0 aliphatic carbocycles. The van der Waals surface area contributed by atoms with E-state index in [0.717, 1.165) is 32.6 Å². The van der Waals surface area contributed by atoms with E-state index in [0.29, 0.717) is 12.1 Å². The monoisotopic (exact) mass is 197 g/mol. The average molecular weight is 197 g/mol. The van der Waals surface area contributed by atoms with Crippen LogP contribution in [0.2, 0.25) is 0 Å². The van der Waals surface area contributed by atoms with E-state index in [9.17, 15) is 4.79 Å². The van der Waals surface area contributed by atoms with Gasteiger partial charge in [-0.1, -0.05) is 6.92 Å². The van der Waals surface area contributed by atoms with Gasteiger partial charge in [-0.15, -0.1) is 0 Å². The molecule has 2 aliphatic rings. The number of carbonyl (C=O) groups is 1. The van der Waals surface area contributed by atoms with Gasteiger partial charge < -0.3 is 10.2 Å². The van der Waals surface area contributed by atoms with Gasteiger partial charge in [-0.3, -0.25) is 10.1 Å². The van der Waals surface area contributed by atoms with Gasteiger partial charge in [0.05, 0.1) is 6.17 Å². The molecule has 2 aliphatic heterocycles. The third-order valence-corrected chi connectivity index (χ3v) is 3.10. The molecule has 2 N–H and O–H groups in total. The molecule has 2 unspecified atom stereocenters. The van der Waals surface area contributed by atoms with Crippen molar-refractivity contribution in [2.24, 2.45) is 5.92 Å². The Hall–Kier alpha value is -0.610. The third kappa shape index (κ3) is 1.91. The molecule has 4 heteroatoms. The van der Waals surface area contributed by atoms with Crippen LogP contribution in [0.1, 0.15) is 19.8 Å². The van der Waals surface area contributed by atoms with E-state index < -0.39 is 0 Å². The molecular weight excluding hydrogens is 178 g/mol. The Kier molecular flexibility index (Phi) is 3.03. The summed E-state index contributed by atoms with van der Waals surface area (Å²) in [5, 5.41) is 6.67. The minimum atomic E-state index is 0.125. The predicted octanol–water partition coefficient (Wildman–Crippen LogP) is -0.236. The minimum Gasteiger partial charge on any atom is -0.326 e. The highest BCUT2D eigenvalue weighted by Crippen LogP contribution is 2.14. The van der Waals surface area contributed by atoms with Crippen molar-refractivity contribution < 1.29 is 4.79 Å². The fraction of sp³-hybridized carbons (Fsp3) is 0.900. The molecule has 2 heterocycles. The van der Waals surface area contributed by atoms with Gasteiger partial charge in [0.25, 0.3) is 0 Å². The van der Waals surface area contributed by atoms with Crippen LogP contribution in [0.25, 0.3) is 0 Å². The van der Waals surface area contributed by atoms with Crippen molar-refractivity contribution in [3.63, 3.8) is 0 Å². The highest BCUT2D eigenvalue weighted by Gasteiger charge is 2.30. The van der Waals surface area contributed by atoms with Gasteiger partial charge in [0.2, 0.25) is 5.91 Å². The van der Waals surface area contributed by atoms with Crippen molar-refractivity contribution in [3.05, 3.63) is 0 Å². The van der Waals surface area contributed by atoms with Crippen LogP contribution in [0.3, 0.4) is 0 Å². The number of rotatable bonds is 1. The van der Waals surface area contributed by atoms with Gasteiger partial charge in [-0.05, 0) is 19.4 Å². The zero-order valence-electron chi connectivity index (χ0n) is 8.75. The van der Waals surface area contributed by atoms with Gasteiger partial charge in [0, 0.05) is 25.6 Å². The molecule has 2 fully saturated rings. The van der Waals surface area contributed by atoms with Crippen molar-refractivity contribution >= 4 is 5.91 Å². The molecule has 0 spiro atoms. The number of carbonyl (C=O) groups excluding carboxylic acids is 1. The summed E-state index contributed by atoms with van der Waals surface area (Å²) in [7, 11) is 0. The Balaban J connectivity index is 2.03. The smallest absolute Gasteiger partial charge is 0.227 e. The Bertz CT molecular complexity index is 213. The van der Waals surface area contributed by atoms with E-state index in [1.807, 2.05) is 11.8 Å². The molecule has 2 saturated heterocycles. The molecule has 0 aromatic heterocycles. The lowest BCUT2D eigenvalue weighted by atomic mass is 10.1. The van der Waals surface area contributed by atoms with Gasteiger partial charge >= 0.3 is 0 Å². The largest absolute Gasteiger partial charge is 0.326 e. The fourth-order valence-corrected chi connectivity index (χ4v) is 2.24. The lowest BCUT2D eigenvalue weighted by Crippen LogP contribution is -2.47. The molecule has 1 amide bonds. The first-order valence-corrected chi connectivity index (χ1v) is 5.53. The molecule has 0 aromatic rings. The molecule has 80 valence electrons. The number of hydrogen-bond donors (Lipinski definition) is 2. The minimum absolute atomic E-state index is 0.125. The second kappa shape index (κ2) is 4.28. The van der Waals surface area contributed by atoms with E-state index in [1.165, 1.54) is 6.42 Å². The lowest BCUT2D eigenvalue weighted by Gasteiger charge is -2.28. The van der Waals surface area contributed by atoms with Crippen molar-refractivity contribution in [2.75, 3.05) is 26.2 Å². The summed E-state index contributed by atoms with van der Waals surface area (Å²) in [6.45, 7) is 5.65. The Morgan fingerprint density at radius 3 is 3.00 bits per heavy atom. The first kappa shape index (κ1) is 9.93. The summed E-state index contributed by atoms with van der Waals surface area (Å²) in [5.41, 5.74) is 0. The normalized spacial score (nSPS) is 34.6. The van der Waals surface area contributed by atoms with Gasteiger partial charge in [0.1, 0.15) is 0 Å². The summed E-state index contributed by atoms with van der Waals surface area (Å²) in [5.74, 6) is 0.425. The predicted molar refractivity (Wildman–Crippen MR) is 54.8 cm³/mol. The number of nitrogens with one attached hydrogen (secondary N) is 2. The molecular formula is C10H19N3O. The Morgan fingerprint density at radius 1 is 1.43 bits per heavy atom. The highest BCUT2D eigenvalue weighted by atomic mass is 16.2. The first-order valence-electron chi connectivity index (χ1n) is 5.53. The fourth-order valence-electron chi connectivity index (χ4n) is 2.24. The van der Waals surface area contributed by atoms with Crippen molar-refractivity contribution in [2.45, 2.75) is 25.9 Å². The molecule has 0 bridgehead atoms. The average Bonchev–Trinajstić information content (AvgIpc) is 2.64. The van der Waals surface area contributed by atoms with Crippen LogP contribution in [0.4, 0.5) is 0 Å². The summed E-state index contributed by atoms with van der Waals surface area (Å²) in [6, 6.07) is 0. The van der Waals surface area contributed by atoms with Gasteiger partial charge in [0.15, 0.2) is 0 Å². The van der Waals surface area contributed by atoms with Crippen LogP contribution in [-0.2, 0) is 4.79 Å². The zero-order valence-corrected chi connectivity index (χ0v) is 8.75.